The molecule has 0 aromatic heterocycles. The number of nitrogens with two attached hydrogens (primary N) is 1. The van der Waals surface area contributed by atoms with Crippen molar-refractivity contribution < 1.29 is 4.39 Å². The van der Waals surface area contributed by atoms with E-state index in [1.165, 1.54) is 6.07 Å². The van der Waals surface area contributed by atoms with Gasteiger partial charge in [-0.1, -0.05) is 18.2 Å². The lowest BCUT2D eigenvalue weighted by molar-refractivity contribution is 0.609. The summed E-state index contributed by atoms with van der Waals surface area (Å²) in [5.74, 6) is 0.226. The van der Waals surface area contributed by atoms with E-state index in [4.69, 9.17) is 5.73 Å². The van der Waals surface area contributed by atoms with E-state index in [1.54, 1.807) is 12.1 Å². The molecular weight excluding hydrogens is 193 g/mol. The molecule has 0 aliphatic heterocycles. The van der Waals surface area contributed by atoms with Gasteiger partial charge in [-0.2, -0.15) is 0 Å². The lowest BCUT2D eigenvalue weighted by atomic mass is 10.1. The quantitative estimate of drug-likeness (QED) is 0.580. The van der Waals surface area contributed by atoms with Gasteiger partial charge in [0.15, 0.2) is 5.96 Å². The molecule has 0 radical (unpaired) electrons. The molecule has 0 aliphatic carbocycles. The summed E-state index contributed by atoms with van der Waals surface area (Å²) in [6.45, 7) is 3.19. The van der Waals surface area contributed by atoms with Crippen LogP contribution in [0.15, 0.2) is 29.3 Å². The average molecular weight is 209 g/mol. The molecule has 0 bridgehead atoms. The van der Waals surface area contributed by atoms with Gasteiger partial charge in [-0.3, -0.25) is 4.99 Å². The molecule has 1 aromatic rings. The molecule has 3 N–H and O–H groups in total. The van der Waals surface area contributed by atoms with Crippen molar-refractivity contribution in [3.8, 4) is 0 Å². The maximum absolute atomic E-state index is 13.2. The van der Waals surface area contributed by atoms with Gasteiger partial charge in [-0.05, 0) is 25.0 Å². The zero-order valence-electron chi connectivity index (χ0n) is 8.83. The fraction of sp³-hybridized carbons (Fsp3) is 0.364. The first-order chi connectivity index (χ1) is 7.24. The predicted octanol–water partition coefficient (Wildman–Crippen LogP) is 1.29. The van der Waals surface area contributed by atoms with E-state index in [1.807, 2.05) is 13.0 Å². The van der Waals surface area contributed by atoms with E-state index in [-0.39, 0.29) is 5.82 Å². The number of halogens is 1. The summed E-state index contributed by atoms with van der Waals surface area (Å²) in [4.78, 5) is 4.07. The van der Waals surface area contributed by atoms with Crippen LogP contribution >= 0.6 is 0 Å². The summed E-state index contributed by atoms with van der Waals surface area (Å²) in [5, 5.41) is 2.88. The Morgan fingerprint density at radius 2 is 2.20 bits per heavy atom. The smallest absolute Gasteiger partial charge is 0.188 e. The Morgan fingerprint density at radius 1 is 1.47 bits per heavy atom. The van der Waals surface area contributed by atoms with Gasteiger partial charge in [-0.15, -0.1) is 0 Å². The fourth-order valence-corrected chi connectivity index (χ4v) is 1.23. The largest absolute Gasteiger partial charge is 0.370 e. The van der Waals surface area contributed by atoms with Gasteiger partial charge in [0.05, 0.1) is 0 Å². The maximum Gasteiger partial charge on any atom is 0.188 e. The molecule has 0 heterocycles. The highest BCUT2D eigenvalue weighted by Crippen LogP contribution is 2.06. The van der Waals surface area contributed by atoms with Crippen LogP contribution in [0.25, 0.3) is 0 Å². The first-order valence-corrected chi connectivity index (χ1v) is 5.01. The van der Waals surface area contributed by atoms with Crippen molar-refractivity contribution in [3.05, 3.63) is 35.6 Å². The Labute approximate surface area is 89.2 Å². The Hall–Kier alpha value is -1.58. The van der Waals surface area contributed by atoms with E-state index in [0.29, 0.717) is 24.5 Å². The summed E-state index contributed by atoms with van der Waals surface area (Å²) in [5.41, 5.74) is 6.20. The maximum atomic E-state index is 13.2. The van der Waals surface area contributed by atoms with Crippen LogP contribution in [0.4, 0.5) is 4.39 Å². The molecule has 0 atom stereocenters. The Bertz CT molecular complexity index is 336. The van der Waals surface area contributed by atoms with Crippen LogP contribution < -0.4 is 11.1 Å². The van der Waals surface area contributed by atoms with E-state index in [9.17, 15) is 4.39 Å². The zero-order valence-corrected chi connectivity index (χ0v) is 8.83. The van der Waals surface area contributed by atoms with Crippen LogP contribution in [0.5, 0.6) is 0 Å². The molecule has 0 fully saturated rings. The van der Waals surface area contributed by atoms with Crippen molar-refractivity contribution >= 4 is 5.96 Å². The van der Waals surface area contributed by atoms with Crippen molar-refractivity contribution in [3.63, 3.8) is 0 Å². The van der Waals surface area contributed by atoms with E-state index >= 15 is 0 Å². The number of benzene rings is 1. The molecule has 0 saturated carbocycles. The topological polar surface area (TPSA) is 50.4 Å². The van der Waals surface area contributed by atoms with Crippen LogP contribution in [-0.2, 0) is 6.42 Å². The highest BCUT2D eigenvalue weighted by atomic mass is 19.1. The van der Waals surface area contributed by atoms with Gasteiger partial charge in [0.25, 0.3) is 0 Å². The monoisotopic (exact) mass is 209 g/mol. The molecule has 82 valence electrons. The second-order valence-electron chi connectivity index (χ2n) is 3.14. The first-order valence-electron chi connectivity index (χ1n) is 5.01. The van der Waals surface area contributed by atoms with Gasteiger partial charge >= 0.3 is 0 Å². The number of hydrogen-bond acceptors (Lipinski definition) is 1. The molecule has 0 spiro atoms. The molecule has 1 rings (SSSR count). The minimum absolute atomic E-state index is 0.185. The molecular formula is C11H16FN3. The van der Waals surface area contributed by atoms with Gasteiger partial charge in [-0.25, -0.2) is 4.39 Å². The van der Waals surface area contributed by atoms with E-state index in [2.05, 4.69) is 10.3 Å². The number of hydrogen-bond donors (Lipinski definition) is 2. The second-order valence-corrected chi connectivity index (χ2v) is 3.14. The van der Waals surface area contributed by atoms with Crippen LogP contribution in [0, 0.1) is 5.82 Å². The number of rotatable bonds is 4. The molecule has 4 heteroatoms. The number of guanidine groups is 1. The summed E-state index contributed by atoms with van der Waals surface area (Å²) in [6.07, 6.45) is 0.568. The second kappa shape index (κ2) is 6.01. The predicted molar refractivity (Wildman–Crippen MR) is 60.3 cm³/mol. The summed E-state index contributed by atoms with van der Waals surface area (Å²) >= 11 is 0. The third-order valence-corrected chi connectivity index (χ3v) is 1.98. The van der Waals surface area contributed by atoms with E-state index in [0.717, 1.165) is 6.54 Å². The third-order valence-electron chi connectivity index (χ3n) is 1.98. The molecule has 0 saturated heterocycles. The van der Waals surface area contributed by atoms with Crippen LogP contribution in [-0.4, -0.2) is 19.0 Å². The first kappa shape index (κ1) is 11.5. The zero-order chi connectivity index (χ0) is 11.1. The normalized spacial score (nSPS) is 11.5. The van der Waals surface area contributed by atoms with Gasteiger partial charge in [0.1, 0.15) is 5.82 Å². The summed E-state index contributed by atoms with van der Waals surface area (Å²) in [7, 11) is 0. The van der Waals surface area contributed by atoms with Crippen LogP contribution in [0.3, 0.4) is 0 Å². The highest BCUT2D eigenvalue weighted by Gasteiger charge is 1.99. The SMILES string of the molecule is CCNC(N)=NCCc1ccccc1F. The van der Waals surface area contributed by atoms with Gasteiger partial charge in [0, 0.05) is 13.1 Å². The molecule has 1 aromatic carbocycles. The van der Waals surface area contributed by atoms with Crippen LogP contribution in [0.2, 0.25) is 0 Å². The molecule has 0 amide bonds. The van der Waals surface area contributed by atoms with Crippen molar-refractivity contribution in [1.29, 1.82) is 0 Å². The lowest BCUT2D eigenvalue weighted by Gasteiger charge is -2.02. The van der Waals surface area contributed by atoms with Crippen molar-refractivity contribution in [2.75, 3.05) is 13.1 Å². The number of nitrogens with zero attached hydrogens (tertiary/aromatic N) is 1. The van der Waals surface area contributed by atoms with Crippen molar-refractivity contribution in [2.45, 2.75) is 13.3 Å². The van der Waals surface area contributed by atoms with Crippen molar-refractivity contribution in [2.24, 2.45) is 10.7 Å². The lowest BCUT2D eigenvalue weighted by Crippen LogP contribution is -2.31. The average Bonchev–Trinajstić information content (AvgIpc) is 2.21. The molecule has 3 nitrogen and oxygen atoms in total. The number of nitrogens with one attached hydrogen (secondary N) is 1. The number of aliphatic imine (C=N–C) groups is 1. The standard InChI is InChI=1S/C11H16FN3/c1-2-14-11(13)15-8-7-9-5-3-4-6-10(9)12/h3-6H,2,7-8H2,1H3,(H3,13,14,15). The summed E-state index contributed by atoms with van der Waals surface area (Å²) in [6, 6.07) is 6.70. The fourth-order valence-electron chi connectivity index (χ4n) is 1.23. The highest BCUT2D eigenvalue weighted by molar-refractivity contribution is 5.77. The Kier molecular flexibility index (Phi) is 4.60. The van der Waals surface area contributed by atoms with E-state index < -0.39 is 0 Å². The molecule has 0 unspecified atom stereocenters. The molecule has 15 heavy (non-hydrogen) atoms. The minimum Gasteiger partial charge on any atom is -0.370 e. The Balaban J connectivity index is 2.44. The van der Waals surface area contributed by atoms with Crippen molar-refractivity contribution in [1.82, 2.24) is 5.32 Å². The van der Waals surface area contributed by atoms with Gasteiger partial charge in [0.2, 0.25) is 0 Å². The third kappa shape index (κ3) is 3.97. The summed E-state index contributed by atoms with van der Waals surface area (Å²) < 4.78 is 13.2. The molecule has 0 aliphatic rings. The Morgan fingerprint density at radius 3 is 2.87 bits per heavy atom. The minimum atomic E-state index is -0.185. The van der Waals surface area contributed by atoms with Gasteiger partial charge < -0.3 is 11.1 Å². The van der Waals surface area contributed by atoms with Crippen LogP contribution in [0.1, 0.15) is 12.5 Å².